The number of hydrogen-bond donors (Lipinski definition) is 2. The molecule has 0 radical (unpaired) electrons. The van der Waals surface area contributed by atoms with Crippen molar-refractivity contribution >= 4 is 5.97 Å². The topological polar surface area (TPSA) is 67.8 Å². The average molecular weight is 391 g/mol. The molecule has 1 atom stereocenters. The third-order valence-electron chi connectivity index (χ3n) is 5.55. The van der Waals surface area contributed by atoms with Crippen LogP contribution in [0.25, 0.3) is 0 Å². The Balaban J connectivity index is 0.000000194. The molecule has 158 valence electrons. The molecular weight excluding hydrogens is 356 g/mol. The molecule has 3 rings (SSSR count). The van der Waals surface area contributed by atoms with Gasteiger partial charge in [-0.3, -0.25) is 4.79 Å². The number of nitrogens with one attached hydrogen (secondary N) is 1. The van der Waals surface area contributed by atoms with Gasteiger partial charge in [0.1, 0.15) is 12.5 Å². The van der Waals surface area contributed by atoms with Crippen molar-refractivity contribution in [1.82, 2.24) is 5.32 Å². The van der Waals surface area contributed by atoms with Gasteiger partial charge in [-0.05, 0) is 39.5 Å². The lowest BCUT2D eigenvalue weighted by Crippen LogP contribution is -2.40. The first kappa shape index (κ1) is 22.5. The van der Waals surface area contributed by atoms with Gasteiger partial charge in [0.05, 0.1) is 6.61 Å². The van der Waals surface area contributed by atoms with Crippen LogP contribution in [0.5, 0.6) is 0 Å². The molecule has 0 amide bonds. The number of alkyl halides is 2. The summed E-state index contributed by atoms with van der Waals surface area (Å²) in [6.45, 7) is 2.72. The van der Waals surface area contributed by atoms with Crippen molar-refractivity contribution in [1.29, 1.82) is 0 Å². The molecule has 27 heavy (non-hydrogen) atoms. The fourth-order valence-corrected chi connectivity index (χ4v) is 4.08. The molecule has 0 bridgehead atoms. The van der Waals surface area contributed by atoms with Crippen LogP contribution in [-0.4, -0.2) is 47.6 Å². The van der Waals surface area contributed by atoms with Gasteiger partial charge < -0.3 is 19.9 Å². The van der Waals surface area contributed by atoms with Crippen LogP contribution in [0.1, 0.15) is 84.5 Å². The van der Waals surface area contributed by atoms with E-state index in [0.29, 0.717) is 0 Å². The minimum absolute atomic E-state index is 0.284. The van der Waals surface area contributed by atoms with E-state index >= 15 is 0 Å². The van der Waals surface area contributed by atoms with Gasteiger partial charge in [0.2, 0.25) is 0 Å². The predicted molar refractivity (Wildman–Crippen MR) is 99.0 cm³/mol. The van der Waals surface area contributed by atoms with Gasteiger partial charge in [0.15, 0.2) is 5.79 Å². The van der Waals surface area contributed by atoms with Crippen LogP contribution in [0.4, 0.5) is 8.78 Å². The van der Waals surface area contributed by atoms with Gasteiger partial charge in [-0.15, -0.1) is 0 Å². The molecule has 1 heterocycles. The Labute approximate surface area is 161 Å². The Morgan fingerprint density at radius 1 is 1.04 bits per heavy atom. The normalized spacial score (nSPS) is 27.0. The number of hydrogen-bond acceptors (Lipinski definition) is 4. The number of carboxylic acids is 1. The van der Waals surface area contributed by atoms with Crippen LogP contribution in [0.2, 0.25) is 0 Å². The van der Waals surface area contributed by atoms with Crippen LogP contribution < -0.4 is 5.32 Å². The summed E-state index contributed by atoms with van der Waals surface area (Å²) in [5.74, 6) is -6.00. The second kappa shape index (κ2) is 10.1. The lowest BCUT2D eigenvalue weighted by atomic mass is 9.91. The van der Waals surface area contributed by atoms with Crippen molar-refractivity contribution in [2.24, 2.45) is 0 Å². The van der Waals surface area contributed by atoms with Crippen molar-refractivity contribution in [3.05, 3.63) is 0 Å². The summed E-state index contributed by atoms with van der Waals surface area (Å²) in [5.41, 5.74) is 0. The van der Waals surface area contributed by atoms with Crippen molar-refractivity contribution in [3.63, 3.8) is 0 Å². The minimum atomic E-state index is -3.39. The van der Waals surface area contributed by atoms with Gasteiger partial charge in [-0.25, -0.2) is 8.78 Å². The van der Waals surface area contributed by atoms with E-state index in [0.717, 1.165) is 12.1 Å². The summed E-state index contributed by atoms with van der Waals surface area (Å²) in [4.78, 5) is 10.2. The van der Waals surface area contributed by atoms with E-state index < -0.39 is 30.2 Å². The summed E-state index contributed by atoms with van der Waals surface area (Å²) >= 11 is 0. The number of aliphatic carboxylic acids is 1. The number of carbonyl (C=O) groups is 1. The minimum Gasteiger partial charge on any atom is -0.481 e. The number of ether oxygens (including phenoxy) is 2. The summed E-state index contributed by atoms with van der Waals surface area (Å²) in [6, 6.07) is 1.74. The second-order valence-corrected chi connectivity index (χ2v) is 8.49. The van der Waals surface area contributed by atoms with E-state index in [-0.39, 0.29) is 6.61 Å². The molecule has 3 fully saturated rings. The first-order valence-corrected chi connectivity index (χ1v) is 10.4. The Morgan fingerprint density at radius 3 is 1.89 bits per heavy atom. The Morgan fingerprint density at radius 2 is 1.52 bits per heavy atom. The average Bonchev–Trinajstić information content (AvgIpc) is 2.97. The van der Waals surface area contributed by atoms with E-state index in [4.69, 9.17) is 14.6 Å². The molecule has 1 aliphatic heterocycles. The summed E-state index contributed by atoms with van der Waals surface area (Å²) in [7, 11) is 0. The largest absolute Gasteiger partial charge is 0.481 e. The van der Waals surface area contributed by atoms with Crippen LogP contribution >= 0.6 is 0 Å². The molecule has 5 nitrogen and oxygen atoms in total. The third kappa shape index (κ3) is 8.00. The van der Waals surface area contributed by atoms with E-state index in [1.54, 1.807) is 0 Å². The molecule has 0 aromatic carbocycles. The van der Waals surface area contributed by atoms with Crippen molar-refractivity contribution in [3.8, 4) is 0 Å². The molecule has 0 aromatic heterocycles. The molecule has 2 N–H and O–H groups in total. The van der Waals surface area contributed by atoms with E-state index in [1.165, 1.54) is 78.1 Å². The van der Waals surface area contributed by atoms with E-state index in [2.05, 4.69) is 5.32 Å². The molecule has 2 saturated carbocycles. The number of rotatable bonds is 5. The van der Waals surface area contributed by atoms with Gasteiger partial charge in [0.25, 0.3) is 5.92 Å². The zero-order valence-electron chi connectivity index (χ0n) is 16.6. The van der Waals surface area contributed by atoms with E-state index in [1.807, 2.05) is 0 Å². The van der Waals surface area contributed by atoms with Gasteiger partial charge >= 0.3 is 5.97 Å². The van der Waals surface area contributed by atoms with Crippen molar-refractivity contribution in [2.45, 2.75) is 114 Å². The Kier molecular flexibility index (Phi) is 8.43. The summed E-state index contributed by atoms with van der Waals surface area (Å²) in [6.07, 6.45) is 11.8. The maximum atomic E-state index is 13.1. The molecule has 0 aromatic rings. The molecule has 1 unspecified atom stereocenters. The zero-order valence-corrected chi connectivity index (χ0v) is 16.6. The molecule has 1 saturated heterocycles. The molecule has 7 heteroatoms. The van der Waals surface area contributed by atoms with Crippen LogP contribution in [-0.2, 0) is 14.3 Å². The number of carboxylic acid groups (broad SMARTS) is 1. The highest BCUT2D eigenvalue weighted by Crippen LogP contribution is 2.34. The summed E-state index contributed by atoms with van der Waals surface area (Å²) < 4.78 is 36.1. The van der Waals surface area contributed by atoms with E-state index in [9.17, 15) is 13.6 Å². The maximum Gasteiger partial charge on any atom is 0.309 e. The van der Waals surface area contributed by atoms with Crippen LogP contribution in [0, 0.1) is 0 Å². The maximum absolute atomic E-state index is 13.1. The van der Waals surface area contributed by atoms with Crippen LogP contribution in [0.3, 0.4) is 0 Å². The van der Waals surface area contributed by atoms with Crippen molar-refractivity contribution < 1.29 is 28.2 Å². The van der Waals surface area contributed by atoms with Gasteiger partial charge in [-0.1, -0.05) is 38.5 Å². The highest BCUT2D eigenvalue weighted by molar-refractivity contribution is 5.67. The lowest BCUT2D eigenvalue weighted by Gasteiger charge is -2.30. The SMILES string of the molecule is C1CCC(NC2CCCCC2)CC1.CC1(C)OCC(C(F)(F)CC(=O)O)O1. The second-order valence-electron chi connectivity index (χ2n) is 8.49. The number of halogens is 2. The Hall–Kier alpha value is -0.790. The van der Waals surface area contributed by atoms with Gasteiger partial charge in [-0.2, -0.15) is 0 Å². The predicted octanol–water partition coefficient (Wildman–Crippen LogP) is 4.49. The third-order valence-corrected chi connectivity index (χ3v) is 5.55. The van der Waals surface area contributed by atoms with Crippen molar-refractivity contribution in [2.75, 3.05) is 6.61 Å². The lowest BCUT2D eigenvalue weighted by molar-refractivity contribution is -0.188. The standard InChI is InChI=1S/C12H23N.C8H12F2O4/c1-3-7-11(8-4-1)13-12-9-5-2-6-10-12;1-7(2)13-4-5(14-7)8(9,10)3-6(11)12/h11-13H,1-10H2;5H,3-4H2,1-2H3,(H,11,12). The highest BCUT2D eigenvalue weighted by atomic mass is 19.3. The fourth-order valence-electron chi connectivity index (χ4n) is 4.08. The smallest absolute Gasteiger partial charge is 0.309 e. The Bertz CT molecular complexity index is 445. The monoisotopic (exact) mass is 391 g/mol. The highest BCUT2D eigenvalue weighted by Gasteiger charge is 2.49. The summed E-state index contributed by atoms with van der Waals surface area (Å²) in [5, 5.41) is 12.1. The molecule has 2 aliphatic carbocycles. The first-order valence-electron chi connectivity index (χ1n) is 10.4. The van der Waals surface area contributed by atoms with Crippen LogP contribution in [0.15, 0.2) is 0 Å². The molecule has 3 aliphatic rings. The van der Waals surface area contributed by atoms with Gasteiger partial charge in [0, 0.05) is 12.1 Å². The zero-order chi connectivity index (χ0) is 19.9. The molecule has 0 spiro atoms. The molecular formula is C20H35F2NO4. The fraction of sp³-hybridized carbons (Fsp3) is 0.950. The quantitative estimate of drug-likeness (QED) is 0.723. The first-order chi connectivity index (χ1) is 12.7.